The maximum Gasteiger partial charge on any atom is 0.509 e. The van der Waals surface area contributed by atoms with Crippen LogP contribution in [0.1, 0.15) is 65.7 Å². The van der Waals surface area contributed by atoms with E-state index < -0.39 is 47.3 Å². The molecule has 0 aliphatic heterocycles. The zero-order valence-corrected chi connectivity index (χ0v) is 20.8. The van der Waals surface area contributed by atoms with Crippen molar-refractivity contribution in [1.29, 1.82) is 0 Å². The quantitative estimate of drug-likeness (QED) is 0.410. The molecule has 0 spiro atoms. The fraction of sp³-hybridized carbons (Fsp3) is 0.741. The third-order valence-electron chi connectivity index (χ3n) is 9.42. The van der Waals surface area contributed by atoms with Gasteiger partial charge in [-0.3, -0.25) is 9.59 Å². The third-order valence-corrected chi connectivity index (χ3v) is 9.42. The molecule has 0 amide bonds. The lowest BCUT2D eigenvalue weighted by Crippen LogP contribution is -2.63. The van der Waals surface area contributed by atoms with E-state index in [2.05, 4.69) is 0 Å². The van der Waals surface area contributed by atoms with E-state index in [-0.39, 0.29) is 49.4 Å². The SMILES string of the molecule is CCCCCOC(=O)O[C@]1(C(=O)CO)CC[C@H]2[C@@H]3C[C@H](F)C4=CC(=O)C=C[C@]4(C)[C@H]3C(O)C[C@@]21C. The molecule has 3 saturated carbocycles. The van der Waals surface area contributed by atoms with E-state index in [0.29, 0.717) is 18.4 Å². The molecular formula is C27H37FO7. The van der Waals surface area contributed by atoms with Gasteiger partial charge in [0.15, 0.2) is 11.4 Å². The summed E-state index contributed by atoms with van der Waals surface area (Å²) in [5, 5.41) is 21.3. The van der Waals surface area contributed by atoms with Crippen molar-refractivity contribution >= 4 is 17.7 Å². The summed E-state index contributed by atoms with van der Waals surface area (Å²) in [6.45, 7) is 5.07. The number of halogens is 1. The lowest BCUT2D eigenvalue weighted by Gasteiger charge is -2.60. The summed E-state index contributed by atoms with van der Waals surface area (Å²) in [6, 6.07) is 0. The first-order chi connectivity index (χ1) is 16.5. The molecule has 0 aromatic carbocycles. The van der Waals surface area contributed by atoms with Gasteiger partial charge in [-0.2, -0.15) is 0 Å². The van der Waals surface area contributed by atoms with E-state index in [9.17, 15) is 24.6 Å². The molecule has 0 aromatic rings. The van der Waals surface area contributed by atoms with Crippen molar-refractivity contribution in [1.82, 2.24) is 0 Å². The Morgan fingerprint density at radius 1 is 1.26 bits per heavy atom. The number of rotatable bonds is 7. The van der Waals surface area contributed by atoms with Gasteiger partial charge in [-0.05, 0) is 61.7 Å². The Kier molecular flexibility index (Phi) is 7.01. The highest BCUT2D eigenvalue weighted by atomic mass is 19.1. The number of fused-ring (bicyclic) bond motifs is 5. The number of ether oxygens (including phenoxy) is 2. The van der Waals surface area contributed by atoms with E-state index in [4.69, 9.17) is 9.47 Å². The van der Waals surface area contributed by atoms with Gasteiger partial charge in [0.1, 0.15) is 12.8 Å². The molecule has 2 N–H and O–H groups in total. The summed E-state index contributed by atoms with van der Waals surface area (Å²) < 4.78 is 26.5. The molecule has 7 nitrogen and oxygen atoms in total. The molecule has 3 fully saturated rings. The van der Waals surface area contributed by atoms with Crippen molar-refractivity contribution in [3.8, 4) is 0 Å². The summed E-state index contributed by atoms with van der Waals surface area (Å²) >= 11 is 0. The maximum atomic E-state index is 15.5. The van der Waals surface area contributed by atoms with Crippen LogP contribution in [0.4, 0.5) is 9.18 Å². The van der Waals surface area contributed by atoms with Crippen LogP contribution < -0.4 is 0 Å². The number of carbonyl (C=O) groups is 3. The number of unbranched alkanes of at least 4 members (excludes halogenated alkanes) is 2. The fourth-order valence-corrected chi connectivity index (χ4v) is 7.81. The number of carbonyl (C=O) groups excluding carboxylic acids is 3. The summed E-state index contributed by atoms with van der Waals surface area (Å²) in [4.78, 5) is 37.8. The maximum absolute atomic E-state index is 15.5. The number of hydrogen-bond donors (Lipinski definition) is 2. The van der Waals surface area contributed by atoms with Crippen LogP contribution in [0, 0.1) is 28.6 Å². The van der Waals surface area contributed by atoms with Crippen LogP contribution in [0.15, 0.2) is 23.8 Å². The van der Waals surface area contributed by atoms with Gasteiger partial charge in [0.05, 0.1) is 12.7 Å². The Balaban J connectivity index is 1.66. The minimum Gasteiger partial charge on any atom is -0.434 e. The largest absolute Gasteiger partial charge is 0.509 e. The van der Waals surface area contributed by atoms with Crippen LogP contribution in [-0.2, 0) is 19.1 Å². The number of ketones is 2. The van der Waals surface area contributed by atoms with Gasteiger partial charge in [-0.25, -0.2) is 9.18 Å². The highest BCUT2D eigenvalue weighted by molar-refractivity contribution is 6.01. The zero-order valence-electron chi connectivity index (χ0n) is 20.8. The number of allylic oxidation sites excluding steroid dienone is 4. The lowest BCUT2D eigenvalue weighted by atomic mass is 9.46. The molecule has 0 heterocycles. The average molecular weight is 493 g/mol. The van der Waals surface area contributed by atoms with Crippen molar-refractivity contribution in [2.75, 3.05) is 13.2 Å². The predicted octanol–water partition coefficient (Wildman–Crippen LogP) is 3.86. The summed E-state index contributed by atoms with van der Waals surface area (Å²) in [6.07, 6.45) is 4.74. The lowest BCUT2D eigenvalue weighted by molar-refractivity contribution is -0.185. The van der Waals surface area contributed by atoms with Crippen LogP contribution in [-0.4, -0.2) is 59.0 Å². The molecule has 0 radical (unpaired) electrons. The molecule has 8 heteroatoms. The Labute approximate surface area is 205 Å². The van der Waals surface area contributed by atoms with Crippen LogP contribution in [0.2, 0.25) is 0 Å². The normalized spacial score (nSPS) is 41.9. The van der Waals surface area contributed by atoms with E-state index in [1.807, 2.05) is 20.8 Å². The first kappa shape index (κ1) is 26.0. The van der Waals surface area contributed by atoms with Gasteiger partial charge >= 0.3 is 6.16 Å². The second-order valence-corrected chi connectivity index (χ2v) is 11.2. The van der Waals surface area contributed by atoms with E-state index in [1.165, 1.54) is 12.2 Å². The smallest absolute Gasteiger partial charge is 0.434 e. The number of hydrogen-bond acceptors (Lipinski definition) is 7. The number of aliphatic hydroxyl groups excluding tert-OH is 2. The van der Waals surface area contributed by atoms with Crippen molar-refractivity contribution in [3.05, 3.63) is 23.8 Å². The van der Waals surface area contributed by atoms with Gasteiger partial charge < -0.3 is 19.7 Å². The molecule has 4 rings (SSSR count). The molecule has 0 bridgehead atoms. The van der Waals surface area contributed by atoms with Crippen molar-refractivity contribution < 1.29 is 38.5 Å². The monoisotopic (exact) mass is 492 g/mol. The molecule has 1 unspecified atom stereocenters. The minimum atomic E-state index is -1.65. The van der Waals surface area contributed by atoms with E-state index in [0.717, 1.165) is 12.8 Å². The molecule has 8 atom stereocenters. The molecule has 4 aliphatic carbocycles. The molecule has 0 aromatic heterocycles. The van der Waals surface area contributed by atoms with Crippen molar-refractivity contribution in [2.45, 2.75) is 83.6 Å². The summed E-state index contributed by atoms with van der Waals surface area (Å²) in [7, 11) is 0. The van der Waals surface area contributed by atoms with E-state index >= 15 is 4.39 Å². The van der Waals surface area contributed by atoms with Crippen molar-refractivity contribution in [3.63, 3.8) is 0 Å². The highest BCUT2D eigenvalue weighted by Gasteiger charge is 2.71. The Morgan fingerprint density at radius 2 is 2.00 bits per heavy atom. The molecule has 194 valence electrons. The Morgan fingerprint density at radius 3 is 2.69 bits per heavy atom. The Bertz CT molecular complexity index is 944. The second kappa shape index (κ2) is 9.43. The van der Waals surface area contributed by atoms with Crippen LogP contribution in [0.3, 0.4) is 0 Å². The van der Waals surface area contributed by atoms with Crippen LogP contribution in [0.25, 0.3) is 0 Å². The first-order valence-corrected chi connectivity index (χ1v) is 12.8. The zero-order chi connectivity index (χ0) is 25.6. The number of aliphatic hydroxyl groups is 2. The van der Waals surface area contributed by atoms with Gasteiger partial charge in [0, 0.05) is 16.7 Å². The van der Waals surface area contributed by atoms with Gasteiger partial charge in [0.2, 0.25) is 5.78 Å². The first-order valence-electron chi connectivity index (χ1n) is 12.8. The summed E-state index contributed by atoms with van der Waals surface area (Å²) in [5.74, 6) is -1.74. The topological polar surface area (TPSA) is 110 Å². The molecule has 35 heavy (non-hydrogen) atoms. The highest BCUT2D eigenvalue weighted by Crippen LogP contribution is 2.68. The standard InChI is InChI=1S/C27H37FO7/c1-4-5-6-11-34-24(33)35-27(22(32)15-29)10-8-18-17-13-20(28)19-12-16(30)7-9-25(19,2)23(17)21(31)14-26(18,27)3/h7,9,12,17-18,20-21,23,29,31H,4-6,8,10-11,13-15H2,1-3H3/t17-,18-,20-,21?,23+,25-,26-,27-/m0/s1. The van der Waals surface area contributed by atoms with Gasteiger partial charge in [0.25, 0.3) is 0 Å². The van der Waals surface area contributed by atoms with Crippen LogP contribution in [0.5, 0.6) is 0 Å². The molecule has 4 aliphatic rings. The Hall–Kier alpha value is -2.06. The van der Waals surface area contributed by atoms with Gasteiger partial charge in [-0.15, -0.1) is 0 Å². The number of Topliss-reactive ketones (excluding diaryl/α,β-unsaturated/α-hetero) is 1. The predicted molar refractivity (Wildman–Crippen MR) is 125 cm³/mol. The third kappa shape index (κ3) is 3.97. The van der Waals surface area contributed by atoms with Gasteiger partial charge in [-0.1, -0.05) is 39.7 Å². The van der Waals surface area contributed by atoms with E-state index in [1.54, 1.807) is 6.08 Å². The molecule has 0 saturated heterocycles. The second-order valence-electron chi connectivity index (χ2n) is 11.2. The molecular weight excluding hydrogens is 455 g/mol. The minimum absolute atomic E-state index is 0.120. The average Bonchev–Trinajstić information content (AvgIpc) is 3.09. The van der Waals surface area contributed by atoms with Crippen molar-refractivity contribution in [2.24, 2.45) is 28.6 Å². The summed E-state index contributed by atoms with van der Waals surface area (Å²) in [5.41, 5.74) is -3.07. The fourth-order valence-electron chi connectivity index (χ4n) is 7.81. The number of alkyl halides is 1. The van der Waals surface area contributed by atoms with Crippen LogP contribution >= 0.6 is 0 Å².